The number of benzene rings is 2. The zero-order valence-corrected chi connectivity index (χ0v) is 12.5. The van der Waals surface area contributed by atoms with Crippen LogP contribution in [0.1, 0.15) is 11.1 Å². The first-order valence-corrected chi connectivity index (χ1v) is 7.19. The summed E-state index contributed by atoms with van der Waals surface area (Å²) in [4.78, 5) is 8.67. The van der Waals surface area contributed by atoms with Crippen LogP contribution in [-0.2, 0) is 6.18 Å². The molecular formula is C16H12F3N5. The first-order valence-electron chi connectivity index (χ1n) is 7.19. The molecule has 2 aromatic heterocycles. The van der Waals surface area contributed by atoms with E-state index in [1.54, 1.807) is 10.6 Å². The lowest BCUT2D eigenvalue weighted by Crippen LogP contribution is -2.05. The maximum absolute atomic E-state index is 12.8. The van der Waals surface area contributed by atoms with E-state index in [4.69, 9.17) is 0 Å². The normalized spacial score (nSPS) is 12.2. The fraction of sp³-hybridized carbons (Fsp3) is 0.125. The molecule has 0 radical (unpaired) electrons. The molecule has 2 aromatic carbocycles. The third-order valence-corrected chi connectivity index (χ3v) is 3.67. The lowest BCUT2D eigenvalue weighted by Gasteiger charge is -2.08. The number of alkyl halides is 3. The Kier molecular flexibility index (Phi) is 3.02. The lowest BCUT2D eigenvalue weighted by atomic mass is 10.2. The largest absolute Gasteiger partial charge is 0.416 e. The van der Waals surface area contributed by atoms with Gasteiger partial charge in [-0.05, 0) is 42.8 Å². The molecule has 2 heterocycles. The summed E-state index contributed by atoms with van der Waals surface area (Å²) in [5.74, 6) is 0.768. The molecule has 0 fully saturated rings. The minimum atomic E-state index is -4.39. The van der Waals surface area contributed by atoms with E-state index in [-0.39, 0.29) is 0 Å². The van der Waals surface area contributed by atoms with Crippen molar-refractivity contribution in [1.82, 2.24) is 19.6 Å². The number of aromatic nitrogens is 4. The summed E-state index contributed by atoms with van der Waals surface area (Å²) in [6.45, 7) is 1.97. The van der Waals surface area contributed by atoms with E-state index in [1.807, 2.05) is 25.1 Å². The van der Waals surface area contributed by atoms with Gasteiger partial charge >= 0.3 is 6.18 Å². The highest BCUT2D eigenvalue weighted by Gasteiger charge is 2.30. The molecule has 0 unspecified atom stereocenters. The van der Waals surface area contributed by atoms with Gasteiger partial charge in [0.2, 0.25) is 5.95 Å². The first kappa shape index (κ1) is 14.6. The Bertz CT molecular complexity index is 1040. The van der Waals surface area contributed by atoms with Gasteiger partial charge in [-0.2, -0.15) is 18.2 Å². The summed E-state index contributed by atoms with van der Waals surface area (Å²) in [5.41, 5.74) is 2.32. The third-order valence-electron chi connectivity index (χ3n) is 3.67. The molecule has 4 rings (SSSR count). The molecule has 8 heteroatoms. The Hall–Kier alpha value is -3.03. The second kappa shape index (κ2) is 4.98. The van der Waals surface area contributed by atoms with Crippen molar-refractivity contribution in [3.05, 3.63) is 53.6 Å². The predicted octanol–water partition coefficient (Wildman–Crippen LogP) is 4.28. The number of imidazole rings is 1. The van der Waals surface area contributed by atoms with Crippen LogP contribution in [0.4, 0.5) is 24.8 Å². The highest BCUT2D eigenvalue weighted by atomic mass is 19.4. The van der Waals surface area contributed by atoms with Crippen molar-refractivity contribution in [2.24, 2.45) is 0 Å². The molecule has 0 atom stereocenters. The van der Waals surface area contributed by atoms with E-state index in [2.05, 4.69) is 20.4 Å². The molecule has 0 saturated carbocycles. The van der Waals surface area contributed by atoms with Gasteiger partial charge in [0.1, 0.15) is 0 Å². The quantitative estimate of drug-likeness (QED) is 0.576. The molecule has 0 bridgehead atoms. The third kappa shape index (κ3) is 2.45. The number of fused-ring (bicyclic) bond motifs is 3. The van der Waals surface area contributed by atoms with Crippen LogP contribution in [0, 0.1) is 6.92 Å². The van der Waals surface area contributed by atoms with Crippen molar-refractivity contribution in [3.8, 4) is 0 Å². The van der Waals surface area contributed by atoms with Crippen molar-refractivity contribution in [2.45, 2.75) is 13.1 Å². The van der Waals surface area contributed by atoms with Crippen LogP contribution in [0.3, 0.4) is 0 Å². The number of H-pyrrole nitrogens is 1. The van der Waals surface area contributed by atoms with Crippen molar-refractivity contribution in [3.63, 3.8) is 0 Å². The highest BCUT2D eigenvalue weighted by Crippen LogP contribution is 2.31. The second-order valence-electron chi connectivity index (χ2n) is 5.52. The summed E-state index contributed by atoms with van der Waals surface area (Å²) in [5, 5.41) is 5.84. The van der Waals surface area contributed by atoms with Crippen LogP contribution >= 0.6 is 0 Å². The number of rotatable bonds is 2. The predicted molar refractivity (Wildman–Crippen MR) is 84.3 cm³/mol. The maximum Gasteiger partial charge on any atom is 0.416 e. The van der Waals surface area contributed by atoms with Crippen molar-refractivity contribution < 1.29 is 13.2 Å². The number of aromatic amines is 1. The SMILES string of the molecule is Cc1ccc2c(c1)nc1nc(Nc3cccc(C(F)(F)F)c3)[nH]n12. The minimum absolute atomic E-state index is 0.293. The Morgan fingerprint density at radius 1 is 1.08 bits per heavy atom. The summed E-state index contributed by atoms with van der Waals surface area (Å²) < 4.78 is 40.0. The van der Waals surface area contributed by atoms with E-state index >= 15 is 0 Å². The number of hydrogen-bond donors (Lipinski definition) is 2. The standard InChI is InChI=1S/C16H12F3N5/c1-9-5-6-13-12(7-9)21-15-22-14(23-24(13)15)20-11-4-2-3-10(8-11)16(17,18)19/h2-8H,1H3,(H2,20,21,22,23). The molecule has 0 amide bonds. The molecule has 0 spiro atoms. The average Bonchev–Trinajstić information content (AvgIpc) is 3.03. The number of anilines is 2. The van der Waals surface area contributed by atoms with Crippen LogP contribution in [0.15, 0.2) is 42.5 Å². The smallest absolute Gasteiger partial charge is 0.325 e. The summed E-state index contributed by atoms with van der Waals surface area (Å²) in [7, 11) is 0. The van der Waals surface area contributed by atoms with Gasteiger partial charge in [0.15, 0.2) is 0 Å². The fourth-order valence-electron chi connectivity index (χ4n) is 2.56. The van der Waals surface area contributed by atoms with E-state index in [1.165, 1.54) is 6.07 Å². The molecule has 2 N–H and O–H groups in total. The molecule has 4 aromatic rings. The summed E-state index contributed by atoms with van der Waals surface area (Å²) >= 11 is 0. The van der Waals surface area contributed by atoms with Gasteiger partial charge in [0.05, 0.1) is 16.6 Å². The highest BCUT2D eigenvalue weighted by molar-refractivity contribution is 5.80. The number of halogens is 3. The summed E-state index contributed by atoms with van der Waals surface area (Å²) in [6, 6.07) is 10.8. The molecule has 5 nitrogen and oxygen atoms in total. The van der Waals surface area contributed by atoms with E-state index in [0.29, 0.717) is 17.4 Å². The molecule has 24 heavy (non-hydrogen) atoms. The van der Waals surface area contributed by atoms with Crippen molar-refractivity contribution in [2.75, 3.05) is 5.32 Å². The van der Waals surface area contributed by atoms with E-state index < -0.39 is 11.7 Å². The number of aryl methyl sites for hydroxylation is 1. The maximum atomic E-state index is 12.8. The molecular weight excluding hydrogens is 319 g/mol. The van der Waals surface area contributed by atoms with E-state index in [9.17, 15) is 13.2 Å². The number of hydrogen-bond acceptors (Lipinski definition) is 3. The van der Waals surface area contributed by atoms with Gasteiger partial charge in [0.25, 0.3) is 5.78 Å². The zero-order valence-electron chi connectivity index (χ0n) is 12.5. The number of nitrogens with zero attached hydrogens (tertiary/aromatic N) is 3. The van der Waals surface area contributed by atoms with E-state index in [0.717, 1.165) is 28.7 Å². The molecule has 0 aliphatic rings. The van der Waals surface area contributed by atoms with Crippen molar-refractivity contribution >= 4 is 28.4 Å². The van der Waals surface area contributed by atoms with Gasteiger partial charge in [-0.25, -0.2) is 9.50 Å². The van der Waals surface area contributed by atoms with Crippen molar-refractivity contribution in [1.29, 1.82) is 0 Å². The topological polar surface area (TPSA) is 58.0 Å². The summed E-state index contributed by atoms with van der Waals surface area (Å²) in [6.07, 6.45) is -4.39. The Labute approximate surface area is 134 Å². The van der Waals surface area contributed by atoms with Crippen LogP contribution < -0.4 is 5.32 Å². The Morgan fingerprint density at radius 3 is 2.71 bits per heavy atom. The van der Waals surface area contributed by atoms with Gasteiger partial charge < -0.3 is 5.32 Å². The van der Waals surface area contributed by atoms with Gasteiger partial charge in [0, 0.05) is 5.69 Å². The Balaban J connectivity index is 1.70. The first-order chi connectivity index (χ1) is 11.4. The molecule has 0 aliphatic heterocycles. The minimum Gasteiger partial charge on any atom is -0.325 e. The number of nitrogens with one attached hydrogen (secondary N) is 2. The molecule has 0 saturated heterocycles. The fourth-order valence-corrected chi connectivity index (χ4v) is 2.56. The van der Waals surface area contributed by atoms with Crippen LogP contribution in [0.2, 0.25) is 0 Å². The van der Waals surface area contributed by atoms with Crippen LogP contribution in [0.25, 0.3) is 16.8 Å². The molecule has 122 valence electrons. The van der Waals surface area contributed by atoms with Crippen LogP contribution in [0.5, 0.6) is 0 Å². The molecule has 0 aliphatic carbocycles. The average molecular weight is 331 g/mol. The van der Waals surface area contributed by atoms with Gasteiger partial charge in [-0.15, -0.1) is 0 Å². The lowest BCUT2D eigenvalue weighted by molar-refractivity contribution is -0.137. The second-order valence-corrected chi connectivity index (χ2v) is 5.52. The Morgan fingerprint density at radius 2 is 1.92 bits per heavy atom. The monoisotopic (exact) mass is 331 g/mol. The van der Waals surface area contributed by atoms with Crippen LogP contribution in [-0.4, -0.2) is 19.6 Å². The van der Waals surface area contributed by atoms with Gasteiger partial charge in [-0.1, -0.05) is 12.1 Å². The zero-order chi connectivity index (χ0) is 16.9. The van der Waals surface area contributed by atoms with Gasteiger partial charge in [-0.3, -0.25) is 5.10 Å².